The van der Waals surface area contributed by atoms with Gasteiger partial charge in [-0.3, -0.25) is 0 Å². The molecular formula is C13H22O. The fourth-order valence-corrected chi connectivity index (χ4v) is 0.933. The van der Waals surface area contributed by atoms with Crippen molar-refractivity contribution in [1.29, 1.82) is 0 Å². The standard InChI is InChI=1S/C9H12.C3H6O.CH4/c1-2-6-9-7-4-3-5-8-9;1-3(2)4;/h3-5,7-8H,2,6H2,1H3;1-2H3;1H4. The Morgan fingerprint density at radius 2 is 1.57 bits per heavy atom. The number of benzene rings is 1. The maximum Gasteiger partial charge on any atom is 0.126 e. The smallest absolute Gasteiger partial charge is 0.126 e. The zero-order valence-electron chi connectivity index (χ0n) is 8.71. The number of ketones is 1. The number of rotatable bonds is 2. The summed E-state index contributed by atoms with van der Waals surface area (Å²) >= 11 is 0. The molecular weight excluding hydrogens is 172 g/mol. The lowest BCUT2D eigenvalue weighted by Gasteiger charge is -1.93. The molecule has 0 heterocycles. The molecule has 1 aromatic rings. The van der Waals surface area contributed by atoms with E-state index in [2.05, 4.69) is 37.3 Å². The first-order chi connectivity index (χ1) is 6.16. The second-order valence-corrected chi connectivity index (χ2v) is 3.14. The van der Waals surface area contributed by atoms with Gasteiger partial charge in [0, 0.05) is 0 Å². The Labute approximate surface area is 88.2 Å². The fraction of sp³-hybridized carbons (Fsp3) is 0.462. The first-order valence-corrected chi connectivity index (χ1v) is 4.68. The maximum atomic E-state index is 9.44. The highest BCUT2D eigenvalue weighted by Gasteiger charge is 1.84. The number of Topliss-reactive ketones (excluding diaryl/α,β-unsaturated/α-hetero) is 1. The summed E-state index contributed by atoms with van der Waals surface area (Å²) in [7, 11) is 0. The van der Waals surface area contributed by atoms with Gasteiger partial charge in [-0.1, -0.05) is 51.1 Å². The molecule has 0 bridgehead atoms. The van der Waals surface area contributed by atoms with Crippen molar-refractivity contribution in [3.8, 4) is 0 Å². The lowest BCUT2D eigenvalue weighted by atomic mass is 10.1. The van der Waals surface area contributed by atoms with E-state index in [-0.39, 0.29) is 13.2 Å². The quantitative estimate of drug-likeness (QED) is 0.698. The van der Waals surface area contributed by atoms with Gasteiger partial charge in [0.25, 0.3) is 0 Å². The molecule has 0 aromatic heterocycles. The van der Waals surface area contributed by atoms with Crippen molar-refractivity contribution >= 4 is 5.78 Å². The van der Waals surface area contributed by atoms with Crippen LogP contribution in [-0.4, -0.2) is 5.78 Å². The molecule has 0 radical (unpaired) electrons. The van der Waals surface area contributed by atoms with Gasteiger partial charge in [-0.15, -0.1) is 0 Å². The van der Waals surface area contributed by atoms with E-state index in [1.807, 2.05) is 0 Å². The predicted octanol–water partition coefficient (Wildman–Crippen LogP) is 3.87. The first-order valence-electron chi connectivity index (χ1n) is 4.68. The SMILES string of the molecule is C.CC(C)=O.CCCc1ccccc1. The summed E-state index contributed by atoms with van der Waals surface area (Å²) in [4.78, 5) is 9.44. The number of hydrogen-bond acceptors (Lipinski definition) is 1. The molecule has 0 aliphatic rings. The Morgan fingerprint density at radius 1 is 1.14 bits per heavy atom. The zero-order chi connectivity index (χ0) is 10.1. The molecule has 0 aliphatic carbocycles. The van der Waals surface area contributed by atoms with Crippen molar-refractivity contribution in [2.75, 3.05) is 0 Å². The van der Waals surface area contributed by atoms with Crippen LogP contribution in [0.25, 0.3) is 0 Å². The van der Waals surface area contributed by atoms with Crippen molar-refractivity contribution in [1.82, 2.24) is 0 Å². The molecule has 0 atom stereocenters. The minimum atomic E-state index is 0. The van der Waals surface area contributed by atoms with E-state index in [1.54, 1.807) is 0 Å². The van der Waals surface area contributed by atoms with E-state index in [9.17, 15) is 4.79 Å². The maximum absolute atomic E-state index is 9.44. The zero-order valence-corrected chi connectivity index (χ0v) is 8.71. The highest BCUT2D eigenvalue weighted by molar-refractivity contribution is 5.72. The van der Waals surface area contributed by atoms with E-state index in [0.29, 0.717) is 0 Å². The van der Waals surface area contributed by atoms with Crippen LogP contribution in [0.4, 0.5) is 0 Å². The summed E-state index contributed by atoms with van der Waals surface area (Å²) in [6.45, 7) is 5.26. The average Bonchev–Trinajstić information content (AvgIpc) is 2.06. The summed E-state index contributed by atoms with van der Waals surface area (Å²) < 4.78 is 0. The summed E-state index contributed by atoms with van der Waals surface area (Å²) in [6, 6.07) is 10.6. The van der Waals surface area contributed by atoms with E-state index >= 15 is 0 Å². The third kappa shape index (κ3) is 10.9. The van der Waals surface area contributed by atoms with Gasteiger partial charge in [0.1, 0.15) is 5.78 Å². The molecule has 0 fully saturated rings. The van der Waals surface area contributed by atoms with E-state index < -0.39 is 0 Å². The number of carbonyl (C=O) groups excluding carboxylic acids is 1. The molecule has 0 N–H and O–H groups in total. The molecule has 0 aliphatic heterocycles. The third-order valence-electron chi connectivity index (χ3n) is 1.38. The topological polar surface area (TPSA) is 17.1 Å². The summed E-state index contributed by atoms with van der Waals surface area (Å²) in [5.41, 5.74) is 1.44. The monoisotopic (exact) mass is 194 g/mol. The molecule has 14 heavy (non-hydrogen) atoms. The molecule has 80 valence electrons. The Balaban J connectivity index is 0. The number of hydrogen-bond donors (Lipinski definition) is 0. The lowest BCUT2D eigenvalue weighted by Crippen LogP contribution is -1.78. The number of aryl methyl sites for hydroxylation is 1. The van der Waals surface area contributed by atoms with Gasteiger partial charge in [0.15, 0.2) is 0 Å². The summed E-state index contributed by atoms with van der Waals surface area (Å²) in [5.74, 6) is 0.167. The van der Waals surface area contributed by atoms with Gasteiger partial charge in [-0.25, -0.2) is 0 Å². The Hall–Kier alpha value is -1.11. The van der Waals surface area contributed by atoms with Crippen LogP contribution in [-0.2, 0) is 11.2 Å². The Kier molecular flexibility index (Phi) is 10.9. The molecule has 0 unspecified atom stereocenters. The Bertz CT molecular complexity index is 222. The lowest BCUT2D eigenvalue weighted by molar-refractivity contribution is -0.114. The molecule has 0 spiro atoms. The van der Waals surface area contributed by atoms with Crippen LogP contribution in [0.2, 0.25) is 0 Å². The van der Waals surface area contributed by atoms with Gasteiger partial charge in [-0.05, 0) is 25.8 Å². The van der Waals surface area contributed by atoms with Crippen LogP contribution in [0.3, 0.4) is 0 Å². The summed E-state index contributed by atoms with van der Waals surface area (Å²) in [6.07, 6.45) is 2.45. The highest BCUT2D eigenvalue weighted by atomic mass is 16.1. The van der Waals surface area contributed by atoms with Crippen molar-refractivity contribution in [2.45, 2.75) is 41.0 Å². The first kappa shape index (κ1) is 15.4. The van der Waals surface area contributed by atoms with Gasteiger partial charge < -0.3 is 4.79 Å². The van der Waals surface area contributed by atoms with Crippen LogP contribution in [0.1, 0.15) is 40.2 Å². The Morgan fingerprint density at radius 3 is 1.93 bits per heavy atom. The molecule has 1 rings (SSSR count). The molecule has 0 saturated carbocycles. The largest absolute Gasteiger partial charge is 0.300 e. The van der Waals surface area contributed by atoms with Crippen LogP contribution in [0.15, 0.2) is 30.3 Å². The summed E-state index contributed by atoms with van der Waals surface area (Å²) in [5, 5.41) is 0. The average molecular weight is 194 g/mol. The molecule has 1 nitrogen and oxygen atoms in total. The van der Waals surface area contributed by atoms with Crippen LogP contribution in [0, 0.1) is 0 Å². The molecule has 0 saturated heterocycles. The van der Waals surface area contributed by atoms with E-state index in [4.69, 9.17) is 0 Å². The predicted molar refractivity (Wildman–Crippen MR) is 63.5 cm³/mol. The van der Waals surface area contributed by atoms with Gasteiger partial charge >= 0.3 is 0 Å². The van der Waals surface area contributed by atoms with Crippen molar-refractivity contribution in [2.24, 2.45) is 0 Å². The molecule has 1 aromatic carbocycles. The number of carbonyl (C=O) groups is 1. The van der Waals surface area contributed by atoms with Gasteiger partial charge in [-0.2, -0.15) is 0 Å². The third-order valence-corrected chi connectivity index (χ3v) is 1.38. The van der Waals surface area contributed by atoms with Gasteiger partial charge in [0.05, 0.1) is 0 Å². The van der Waals surface area contributed by atoms with Crippen molar-refractivity contribution in [3.05, 3.63) is 35.9 Å². The van der Waals surface area contributed by atoms with Crippen molar-refractivity contribution in [3.63, 3.8) is 0 Å². The van der Waals surface area contributed by atoms with Crippen molar-refractivity contribution < 1.29 is 4.79 Å². The van der Waals surface area contributed by atoms with Crippen LogP contribution in [0.5, 0.6) is 0 Å². The minimum absolute atomic E-state index is 0. The second kappa shape index (κ2) is 9.97. The van der Waals surface area contributed by atoms with Gasteiger partial charge in [0.2, 0.25) is 0 Å². The normalized spacial score (nSPS) is 7.93. The second-order valence-electron chi connectivity index (χ2n) is 3.14. The van der Waals surface area contributed by atoms with E-state index in [1.165, 1.54) is 32.3 Å². The fourth-order valence-electron chi connectivity index (χ4n) is 0.933. The highest BCUT2D eigenvalue weighted by Crippen LogP contribution is 2.00. The minimum Gasteiger partial charge on any atom is -0.300 e. The van der Waals surface area contributed by atoms with Crippen LogP contribution >= 0.6 is 0 Å². The molecule has 0 amide bonds. The molecule has 1 heteroatoms. The van der Waals surface area contributed by atoms with E-state index in [0.717, 1.165) is 0 Å². The van der Waals surface area contributed by atoms with Crippen LogP contribution < -0.4 is 0 Å².